The second kappa shape index (κ2) is 9.30. The molecule has 3 nitrogen and oxygen atoms in total. The number of rotatable bonds is 3. The van der Waals surface area contributed by atoms with Crippen LogP contribution in [0, 0.1) is 0 Å². The van der Waals surface area contributed by atoms with Gasteiger partial charge in [-0.05, 0) is 42.3 Å². The zero-order valence-electron chi connectivity index (χ0n) is 19.7. The fraction of sp³-hybridized carbons (Fsp3) is 0.129. The number of hydrogen-bond acceptors (Lipinski definition) is 3. The van der Waals surface area contributed by atoms with E-state index in [2.05, 4.69) is 58.4 Å². The second-order valence-corrected chi connectivity index (χ2v) is 11.2. The van der Waals surface area contributed by atoms with Crippen LogP contribution in [0.3, 0.4) is 0 Å². The molecule has 1 amide bonds. The number of fused-ring (bicyclic) bond motifs is 3. The van der Waals surface area contributed by atoms with Crippen LogP contribution in [0.2, 0.25) is 0 Å². The van der Waals surface area contributed by atoms with Crippen molar-refractivity contribution >= 4 is 44.9 Å². The minimum atomic E-state index is -0.988. The number of carbonyl (C=O) groups is 1. The summed E-state index contributed by atoms with van der Waals surface area (Å²) in [5, 5.41) is 0.0725. The van der Waals surface area contributed by atoms with Crippen molar-refractivity contribution < 1.29 is 9.53 Å². The average Bonchev–Trinajstić information content (AvgIpc) is 3.05. The molecule has 0 N–H and O–H groups in total. The summed E-state index contributed by atoms with van der Waals surface area (Å²) < 4.78 is 8.02. The van der Waals surface area contributed by atoms with E-state index in [0.717, 1.165) is 26.2 Å². The van der Waals surface area contributed by atoms with Crippen molar-refractivity contribution in [2.24, 2.45) is 0 Å². The molecule has 178 valence electrons. The van der Waals surface area contributed by atoms with E-state index in [1.807, 2.05) is 78.6 Å². The van der Waals surface area contributed by atoms with Gasteiger partial charge in [-0.2, -0.15) is 0 Å². The van der Waals surface area contributed by atoms with Gasteiger partial charge in [0.15, 0.2) is 0 Å². The van der Waals surface area contributed by atoms with E-state index >= 15 is 0 Å². The lowest BCUT2D eigenvalue weighted by Crippen LogP contribution is -2.55. The third-order valence-electron chi connectivity index (χ3n) is 6.82. The number of para-hydroxylation sites is 1. The highest BCUT2D eigenvalue weighted by Gasteiger charge is 2.53. The maximum absolute atomic E-state index is 14.5. The van der Waals surface area contributed by atoms with Crippen molar-refractivity contribution in [3.63, 3.8) is 0 Å². The summed E-state index contributed by atoms with van der Waals surface area (Å²) >= 11 is 5.36. The first-order valence-electron chi connectivity index (χ1n) is 11.9. The van der Waals surface area contributed by atoms with E-state index in [1.165, 1.54) is 5.56 Å². The number of thioether (sulfide) groups is 1. The molecule has 2 aliphatic heterocycles. The lowest BCUT2D eigenvalue weighted by atomic mass is 9.89. The predicted octanol–water partition coefficient (Wildman–Crippen LogP) is 8.33. The van der Waals surface area contributed by atoms with Crippen molar-refractivity contribution in [2.45, 2.75) is 29.2 Å². The number of ether oxygens (including phenoxy) is 1. The maximum Gasteiger partial charge on any atom is 0.265 e. The summed E-state index contributed by atoms with van der Waals surface area (Å²) in [6, 6.07) is 36.6. The zero-order chi connectivity index (χ0) is 24.7. The highest BCUT2D eigenvalue weighted by molar-refractivity contribution is 9.10. The average molecular weight is 555 g/mol. The Hall–Kier alpha value is -3.28. The highest BCUT2D eigenvalue weighted by atomic mass is 79.9. The van der Waals surface area contributed by atoms with Gasteiger partial charge in [0.05, 0.1) is 11.3 Å². The molecule has 4 aromatic rings. The Bertz CT molecular complexity index is 1450. The van der Waals surface area contributed by atoms with Gasteiger partial charge >= 0.3 is 0 Å². The molecular formula is C31H24BrNO2S. The topological polar surface area (TPSA) is 29.5 Å². The quantitative estimate of drug-likeness (QED) is 0.255. The van der Waals surface area contributed by atoms with Gasteiger partial charge < -0.3 is 4.74 Å². The summed E-state index contributed by atoms with van der Waals surface area (Å²) in [5.41, 5.74) is 3.50. The van der Waals surface area contributed by atoms with Crippen LogP contribution < -0.4 is 4.90 Å². The Labute approximate surface area is 223 Å². The number of nitrogens with zero attached hydrogens (tertiary/aromatic N) is 1. The predicted molar refractivity (Wildman–Crippen MR) is 150 cm³/mol. The molecule has 0 saturated heterocycles. The van der Waals surface area contributed by atoms with Crippen LogP contribution in [0.5, 0.6) is 0 Å². The Morgan fingerprint density at radius 3 is 2.22 bits per heavy atom. The molecular weight excluding hydrogens is 530 g/mol. The number of hydrogen-bond donors (Lipinski definition) is 0. The fourth-order valence-corrected chi connectivity index (χ4v) is 6.81. The molecule has 5 heteroatoms. The maximum atomic E-state index is 14.5. The molecule has 2 atom stereocenters. The van der Waals surface area contributed by atoms with Crippen LogP contribution >= 0.6 is 27.7 Å². The van der Waals surface area contributed by atoms with Gasteiger partial charge in [0.25, 0.3) is 5.91 Å². The largest absolute Gasteiger partial charge is 0.467 e. The van der Waals surface area contributed by atoms with Gasteiger partial charge in [-0.1, -0.05) is 101 Å². The SMILES string of the molecule is CC1=C(c2ccccc2)C(=O)N2c3ccccc3S[C@H](c3ccc(Br)cc3)C[C@]2(c2ccccc2)O1. The number of anilines is 1. The Kier molecular flexibility index (Phi) is 5.98. The molecule has 2 aliphatic rings. The molecule has 36 heavy (non-hydrogen) atoms. The summed E-state index contributed by atoms with van der Waals surface area (Å²) in [7, 11) is 0. The Morgan fingerprint density at radius 1 is 0.861 bits per heavy atom. The van der Waals surface area contributed by atoms with Crippen LogP contribution in [0.25, 0.3) is 5.57 Å². The highest BCUT2D eigenvalue weighted by Crippen LogP contribution is 2.56. The number of allylic oxidation sites excluding steroid dienone is 1. The third kappa shape index (κ3) is 3.87. The summed E-state index contributed by atoms with van der Waals surface area (Å²) in [5.74, 6) is 0.601. The van der Waals surface area contributed by atoms with E-state index in [4.69, 9.17) is 4.74 Å². The number of amides is 1. The van der Waals surface area contributed by atoms with E-state index in [9.17, 15) is 4.79 Å². The first-order valence-corrected chi connectivity index (χ1v) is 13.6. The molecule has 0 radical (unpaired) electrons. The summed E-state index contributed by atoms with van der Waals surface area (Å²) in [6.45, 7) is 1.92. The van der Waals surface area contributed by atoms with Crippen LogP contribution in [-0.2, 0) is 15.3 Å². The fourth-order valence-electron chi connectivity index (χ4n) is 5.20. The lowest BCUT2D eigenvalue weighted by Gasteiger charge is -2.47. The van der Waals surface area contributed by atoms with Crippen molar-refractivity contribution in [2.75, 3.05) is 4.90 Å². The van der Waals surface area contributed by atoms with Crippen molar-refractivity contribution in [1.29, 1.82) is 0 Å². The van der Waals surface area contributed by atoms with Crippen molar-refractivity contribution in [3.05, 3.63) is 136 Å². The van der Waals surface area contributed by atoms with Gasteiger partial charge in [-0.15, -0.1) is 11.8 Å². The Balaban J connectivity index is 1.61. The molecule has 0 unspecified atom stereocenters. The first kappa shape index (κ1) is 23.1. The zero-order valence-corrected chi connectivity index (χ0v) is 22.1. The minimum Gasteiger partial charge on any atom is -0.467 e. The third-order valence-corrected chi connectivity index (χ3v) is 8.67. The molecule has 4 aromatic carbocycles. The van der Waals surface area contributed by atoms with Gasteiger partial charge in [-0.3, -0.25) is 9.69 Å². The molecule has 0 aliphatic carbocycles. The monoisotopic (exact) mass is 553 g/mol. The van der Waals surface area contributed by atoms with E-state index in [1.54, 1.807) is 11.8 Å². The number of carbonyl (C=O) groups excluding carboxylic acids is 1. The van der Waals surface area contributed by atoms with Gasteiger partial charge in [-0.25, -0.2) is 0 Å². The number of halogens is 1. The molecule has 0 saturated carbocycles. The van der Waals surface area contributed by atoms with Gasteiger partial charge in [0, 0.05) is 26.6 Å². The molecule has 0 bridgehead atoms. The lowest BCUT2D eigenvalue weighted by molar-refractivity contribution is -0.123. The van der Waals surface area contributed by atoms with Crippen LogP contribution in [-0.4, -0.2) is 5.91 Å². The smallest absolute Gasteiger partial charge is 0.265 e. The molecule has 0 spiro atoms. The van der Waals surface area contributed by atoms with E-state index in [-0.39, 0.29) is 11.2 Å². The molecule has 6 rings (SSSR count). The van der Waals surface area contributed by atoms with Crippen molar-refractivity contribution in [3.8, 4) is 0 Å². The second-order valence-electron chi connectivity index (χ2n) is 9.02. The van der Waals surface area contributed by atoms with Gasteiger partial charge in [0.1, 0.15) is 5.76 Å². The van der Waals surface area contributed by atoms with Gasteiger partial charge in [0.2, 0.25) is 5.72 Å². The molecule has 0 fully saturated rings. The normalized spacial score (nSPS) is 21.3. The molecule has 0 aromatic heterocycles. The first-order chi connectivity index (χ1) is 17.6. The molecule has 2 heterocycles. The minimum absolute atomic E-state index is 0.0432. The van der Waals surface area contributed by atoms with Crippen LogP contribution in [0.4, 0.5) is 5.69 Å². The van der Waals surface area contributed by atoms with Crippen LogP contribution in [0.1, 0.15) is 35.3 Å². The van der Waals surface area contributed by atoms with E-state index < -0.39 is 5.72 Å². The summed E-state index contributed by atoms with van der Waals surface area (Å²) in [6.07, 6.45) is 0.600. The summed E-state index contributed by atoms with van der Waals surface area (Å²) in [4.78, 5) is 17.5. The van der Waals surface area contributed by atoms with E-state index in [0.29, 0.717) is 17.8 Å². The number of benzene rings is 4. The van der Waals surface area contributed by atoms with Crippen LogP contribution in [0.15, 0.2) is 124 Å². The Morgan fingerprint density at radius 2 is 1.50 bits per heavy atom. The standard InChI is InChI=1S/C31H24BrNO2S/c1-21-29(23-10-4-2-5-11-23)30(34)33-26-14-8-9-15-27(26)36-28(22-16-18-25(32)19-17-22)20-31(33,35-21)24-12-6-3-7-13-24/h2-19,28H,20H2,1H3/t28-,31+/m0/s1. The van der Waals surface area contributed by atoms with Crippen molar-refractivity contribution in [1.82, 2.24) is 0 Å².